The fourth-order valence-corrected chi connectivity index (χ4v) is 3.99. The highest BCUT2D eigenvalue weighted by Gasteiger charge is 2.53. The summed E-state index contributed by atoms with van der Waals surface area (Å²) < 4.78 is 0.767. The number of anilines is 1. The Kier molecular flexibility index (Phi) is 3.01. The summed E-state index contributed by atoms with van der Waals surface area (Å²) in [5.41, 5.74) is 2.04. The van der Waals surface area contributed by atoms with E-state index in [0.29, 0.717) is 0 Å². The van der Waals surface area contributed by atoms with Crippen LogP contribution in [0, 0.1) is 5.21 Å². The summed E-state index contributed by atoms with van der Waals surface area (Å²) in [4.78, 5) is 14.6. The van der Waals surface area contributed by atoms with Crippen LogP contribution in [-0.4, -0.2) is 17.9 Å². The molecule has 2 unspecified atom stereocenters. The third kappa shape index (κ3) is 2.05. The van der Waals surface area contributed by atoms with E-state index in [4.69, 9.17) is 0 Å². The smallest absolute Gasteiger partial charge is 0.182 e. The van der Waals surface area contributed by atoms with Crippen molar-refractivity contribution in [2.45, 2.75) is 30.8 Å². The summed E-state index contributed by atoms with van der Waals surface area (Å²) in [7, 11) is 0. The molecular formula is C19H18N2O2. The first kappa shape index (κ1) is 14.0. The number of aromatic nitrogens is 1. The van der Waals surface area contributed by atoms with E-state index in [1.54, 1.807) is 18.2 Å². The monoisotopic (exact) mass is 306 g/mol. The van der Waals surface area contributed by atoms with Crippen molar-refractivity contribution in [3.8, 4) is 0 Å². The third-order valence-corrected chi connectivity index (χ3v) is 5.19. The van der Waals surface area contributed by atoms with Gasteiger partial charge in [-0.05, 0) is 18.1 Å². The Morgan fingerprint density at radius 3 is 2.57 bits per heavy atom. The van der Waals surface area contributed by atoms with Gasteiger partial charge in [-0.25, -0.2) is 0 Å². The number of hydrogen-bond acceptors (Lipinski definition) is 3. The SMILES string of the molecule is C[C@@]1(c2ccccc2)CC2C(=O)C=CC1N2c1cc[n+]([O-])cc1. The number of carbonyl (C=O) groups is 1. The van der Waals surface area contributed by atoms with Crippen molar-refractivity contribution in [1.29, 1.82) is 0 Å². The molecule has 1 aromatic carbocycles. The molecule has 0 amide bonds. The van der Waals surface area contributed by atoms with E-state index in [1.165, 1.54) is 18.0 Å². The lowest BCUT2D eigenvalue weighted by Gasteiger charge is -2.37. The van der Waals surface area contributed by atoms with E-state index in [-0.39, 0.29) is 23.3 Å². The lowest BCUT2D eigenvalue weighted by Crippen LogP contribution is -2.46. The average molecular weight is 306 g/mol. The Morgan fingerprint density at radius 2 is 1.87 bits per heavy atom. The van der Waals surface area contributed by atoms with E-state index in [2.05, 4.69) is 24.0 Å². The van der Waals surface area contributed by atoms with Crippen LogP contribution < -0.4 is 9.63 Å². The second-order valence-corrected chi connectivity index (χ2v) is 6.53. The summed E-state index contributed by atoms with van der Waals surface area (Å²) in [6.45, 7) is 2.22. The first-order valence-corrected chi connectivity index (χ1v) is 7.84. The Hall–Kier alpha value is -2.62. The summed E-state index contributed by atoms with van der Waals surface area (Å²) in [6, 6.07) is 13.9. The molecule has 0 saturated carbocycles. The van der Waals surface area contributed by atoms with E-state index >= 15 is 0 Å². The van der Waals surface area contributed by atoms with Crippen LogP contribution in [0.4, 0.5) is 5.69 Å². The zero-order valence-corrected chi connectivity index (χ0v) is 12.9. The van der Waals surface area contributed by atoms with Gasteiger partial charge >= 0.3 is 0 Å². The highest BCUT2D eigenvalue weighted by atomic mass is 16.5. The van der Waals surface area contributed by atoms with Gasteiger partial charge in [-0.1, -0.05) is 43.3 Å². The summed E-state index contributed by atoms with van der Waals surface area (Å²) in [5, 5.41) is 11.3. The largest absolute Gasteiger partial charge is 0.619 e. The lowest BCUT2D eigenvalue weighted by molar-refractivity contribution is -0.605. The predicted octanol–water partition coefficient (Wildman–Crippen LogP) is 2.36. The van der Waals surface area contributed by atoms with E-state index in [1.807, 2.05) is 24.3 Å². The number of nitrogens with zero attached hydrogens (tertiary/aromatic N) is 2. The highest BCUT2D eigenvalue weighted by molar-refractivity contribution is 5.99. The third-order valence-electron chi connectivity index (χ3n) is 5.19. The Bertz CT molecular complexity index is 770. The normalized spacial score (nSPS) is 29.1. The number of hydrogen-bond donors (Lipinski definition) is 0. The van der Waals surface area contributed by atoms with Gasteiger partial charge in [0.1, 0.15) is 0 Å². The van der Waals surface area contributed by atoms with E-state index in [9.17, 15) is 10.0 Å². The van der Waals surface area contributed by atoms with Gasteiger partial charge in [0.05, 0.1) is 12.1 Å². The summed E-state index contributed by atoms with van der Waals surface area (Å²) in [5.74, 6) is 0.139. The minimum absolute atomic E-state index is 0.107. The van der Waals surface area contributed by atoms with Crippen molar-refractivity contribution in [3.63, 3.8) is 0 Å². The van der Waals surface area contributed by atoms with E-state index in [0.717, 1.165) is 16.8 Å². The molecule has 2 bridgehead atoms. The van der Waals surface area contributed by atoms with Crippen molar-refractivity contribution in [2.24, 2.45) is 0 Å². The van der Waals surface area contributed by atoms with Gasteiger partial charge < -0.3 is 10.1 Å². The highest BCUT2D eigenvalue weighted by Crippen LogP contribution is 2.47. The van der Waals surface area contributed by atoms with Gasteiger partial charge in [0.2, 0.25) is 0 Å². The van der Waals surface area contributed by atoms with Crippen molar-refractivity contribution in [2.75, 3.05) is 4.90 Å². The first-order valence-electron chi connectivity index (χ1n) is 7.84. The zero-order valence-electron chi connectivity index (χ0n) is 12.9. The predicted molar refractivity (Wildman–Crippen MR) is 88.0 cm³/mol. The molecule has 1 saturated heterocycles. The molecule has 0 radical (unpaired) electrons. The van der Waals surface area contributed by atoms with E-state index < -0.39 is 0 Å². The second-order valence-electron chi connectivity index (χ2n) is 6.53. The van der Waals surface area contributed by atoms with Gasteiger partial charge in [-0.15, -0.1) is 0 Å². The molecule has 1 fully saturated rings. The average Bonchev–Trinajstić information content (AvgIpc) is 2.81. The fraction of sp³-hybridized carbons (Fsp3) is 0.263. The summed E-state index contributed by atoms with van der Waals surface area (Å²) >= 11 is 0. The van der Waals surface area contributed by atoms with Crippen LogP contribution in [0.25, 0.3) is 0 Å². The maximum Gasteiger partial charge on any atom is 0.182 e. The van der Waals surface area contributed by atoms with Crippen LogP contribution in [-0.2, 0) is 10.2 Å². The van der Waals surface area contributed by atoms with Crippen LogP contribution in [0.15, 0.2) is 67.0 Å². The lowest BCUT2D eigenvalue weighted by atomic mass is 9.76. The molecule has 2 aromatic rings. The molecule has 0 spiro atoms. The van der Waals surface area contributed by atoms with Gasteiger partial charge in [0, 0.05) is 23.2 Å². The maximum atomic E-state index is 12.4. The minimum Gasteiger partial charge on any atom is -0.619 e. The van der Waals surface area contributed by atoms with Crippen molar-refractivity contribution < 1.29 is 9.52 Å². The maximum absolute atomic E-state index is 12.4. The number of fused-ring (bicyclic) bond motifs is 2. The van der Waals surface area contributed by atoms with Crippen LogP contribution in [0.1, 0.15) is 18.9 Å². The molecule has 4 rings (SSSR count). The van der Waals surface area contributed by atoms with Crippen LogP contribution in [0.2, 0.25) is 0 Å². The molecule has 4 heteroatoms. The zero-order chi connectivity index (χ0) is 16.0. The molecule has 3 heterocycles. The molecule has 116 valence electrons. The number of ketones is 1. The number of pyridine rings is 1. The van der Waals surface area contributed by atoms with Crippen molar-refractivity contribution >= 4 is 11.5 Å². The fourth-order valence-electron chi connectivity index (χ4n) is 3.99. The van der Waals surface area contributed by atoms with Crippen molar-refractivity contribution in [1.82, 2.24) is 0 Å². The Labute approximate surface area is 135 Å². The molecule has 23 heavy (non-hydrogen) atoms. The molecular weight excluding hydrogens is 288 g/mol. The van der Waals surface area contributed by atoms with Crippen LogP contribution >= 0.6 is 0 Å². The Morgan fingerprint density at radius 1 is 1.17 bits per heavy atom. The standard InChI is InChI=1S/C19H18N2O2/c1-19(14-5-3-2-4-6-14)13-16-17(22)7-8-18(19)21(16)15-9-11-20(23)12-10-15/h2-12,16,18H,13H2,1H3/t16?,18?,19-/m0/s1. The molecule has 2 aliphatic rings. The van der Waals surface area contributed by atoms with Gasteiger partial charge in [0.25, 0.3) is 0 Å². The van der Waals surface area contributed by atoms with Gasteiger partial charge in [0.15, 0.2) is 18.2 Å². The molecule has 4 nitrogen and oxygen atoms in total. The molecule has 2 aliphatic heterocycles. The van der Waals surface area contributed by atoms with Crippen LogP contribution in [0.3, 0.4) is 0 Å². The first-order chi connectivity index (χ1) is 11.1. The molecule has 0 N–H and O–H groups in total. The van der Waals surface area contributed by atoms with Gasteiger partial charge in [-0.3, -0.25) is 4.79 Å². The van der Waals surface area contributed by atoms with Crippen LogP contribution in [0.5, 0.6) is 0 Å². The number of benzene rings is 1. The Balaban J connectivity index is 1.81. The quantitative estimate of drug-likeness (QED) is 0.632. The minimum atomic E-state index is -0.169. The topological polar surface area (TPSA) is 47.2 Å². The number of carbonyl (C=O) groups excluding carboxylic acids is 1. The summed E-state index contributed by atoms with van der Waals surface area (Å²) in [6.07, 6.45) is 7.47. The molecule has 0 aliphatic carbocycles. The van der Waals surface area contributed by atoms with Crippen molar-refractivity contribution in [3.05, 3.63) is 77.8 Å². The number of rotatable bonds is 2. The molecule has 3 atom stereocenters. The molecule has 1 aromatic heterocycles. The van der Waals surface area contributed by atoms with Gasteiger partial charge in [-0.2, -0.15) is 4.73 Å². The second kappa shape index (κ2) is 4.95.